The second-order valence-electron chi connectivity index (χ2n) is 7.32. The van der Waals surface area contributed by atoms with Gasteiger partial charge in [-0.05, 0) is 59.9 Å². The van der Waals surface area contributed by atoms with Crippen molar-refractivity contribution in [3.63, 3.8) is 0 Å². The highest BCUT2D eigenvalue weighted by atomic mass is 19.1. The van der Waals surface area contributed by atoms with Crippen LogP contribution in [0.1, 0.15) is 22.3 Å². The molecule has 0 atom stereocenters. The number of fused-ring (bicyclic) bond motifs is 4. The molecule has 0 amide bonds. The minimum Gasteiger partial charge on any atom is -0.354 e. The molecule has 3 heteroatoms. The van der Waals surface area contributed by atoms with E-state index < -0.39 is 0 Å². The first kappa shape index (κ1) is 15.6. The van der Waals surface area contributed by atoms with Crippen LogP contribution in [-0.2, 0) is 19.5 Å². The molecule has 0 bridgehead atoms. The van der Waals surface area contributed by atoms with Gasteiger partial charge in [0.1, 0.15) is 5.82 Å². The van der Waals surface area contributed by atoms with Gasteiger partial charge < -0.3 is 4.98 Å². The number of nitrogens with one attached hydrogen (secondary N) is 1. The van der Waals surface area contributed by atoms with E-state index in [0.29, 0.717) is 0 Å². The fourth-order valence-electron chi connectivity index (χ4n) is 4.34. The van der Waals surface area contributed by atoms with E-state index in [4.69, 9.17) is 0 Å². The van der Waals surface area contributed by atoms with Crippen molar-refractivity contribution in [2.75, 3.05) is 6.54 Å². The van der Waals surface area contributed by atoms with Crippen molar-refractivity contribution in [1.82, 2.24) is 9.88 Å². The topological polar surface area (TPSA) is 19.0 Å². The number of aryl methyl sites for hydroxylation is 1. The molecule has 0 saturated heterocycles. The maximum absolute atomic E-state index is 13.8. The van der Waals surface area contributed by atoms with Crippen molar-refractivity contribution < 1.29 is 4.39 Å². The van der Waals surface area contributed by atoms with Crippen LogP contribution in [0.3, 0.4) is 0 Å². The normalized spacial score (nSPS) is 14.8. The number of aromatic nitrogens is 1. The molecule has 26 heavy (non-hydrogen) atoms. The molecular weight excluding hydrogens is 323 g/mol. The van der Waals surface area contributed by atoms with Crippen LogP contribution in [0.25, 0.3) is 21.8 Å². The van der Waals surface area contributed by atoms with Crippen molar-refractivity contribution in [2.24, 2.45) is 0 Å². The van der Waals surface area contributed by atoms with Crippen LogP contribution < -0.4 is 0 Å². The lowest BCUT2D eigenvalue weighted by molar-refractivity contribution is 0.245. The maximum Gasteiger partial charge on any atom is 0.123 e. The second kappa shape index (κ2) is 5.96. The van der Waals surface area contributed by atoms with Crippen molar-refractivity contribution in [3.8, 4) is 0 Å². The standard InChI is InChI=1S/C23H21FN2/c1-15-19-9-10-26(13-16-5-3-2-4-6-16)14-17(19)11-21-20-12-18(24)7-8-22(20)25-23(15)21/h2-8,11-12,25H,9-10,13-14H2,1H3. The van der Waals surface area contributed by atoms with E-state index in [1.54, 1.807) is 6.07 Å². The molecule has 4 aromatic rings. The Hall–Kier alpha value is -2.65. The van der Waals surface area contributed by atoms with Gasteiger partial charge >= 0.3 is 0 Å². The summed E-state index contributed by atoms with van der Waals surface area (Å²) in [5.74, 6) is -0.181. The lowest BCUT2D eigenvalue weighted by Gasteiger charge is -2.30. The fourth-order valence-corrected chi connectivity index (χ4v) is 4.34. The number of halogens is 1. The molecule has 2 nitrogen and oxygen atoms in total. The molecule has 0 spiro atoms. The van der Waals surface area contributed by atoms with Crippen LogP contribution in [0.15, 0.2) is 54.6 Å². The summed E-state index contributed by atoms with van der Waals surface area (Å²) in [5, 5.41) is 2.11. The van der Waals surface area contributed by atoms with Crippen molar-refractivity contribution >= 4 is 21.8 Å². The minimum absolute atomic E-state index is 0.181. The van der Waals surface area contributed by atoms with Gasteiger partial charge in [-0.2, -0.15) is 0 Å². The Kier molecular flexibility index (Phi) is 3.57. The van der Waals surface area contributed by atoms with Gasteiger partial charge in [0, 0.05) is 41.4 Å². The Morgan fingerprint density at radius 2 is 1.88 bits per heavy atom. The third kappa shape index (κ3) is 2.51. The Balaban J connectivity index is 1.57. The first-order valence-corrected chi connectivity index (χ1v) is 9.17. The highest BCUT2D eigenvalue weighted by Crippen LogP contribution is 2.34. The highest BCUT2D eigenvalue weighted by molar-refractivity contribution is 6.08. The van der Waals surface area contributed by atoms with Gasteiger partial charge in [-0.3, -0.25) is 4.90 Å². The number of benzene rings is 3. The van der Waals surface area contributed by atoms with E-state index >= 15 is 0 Å². The zero-order valence-corrected chi connectivity index (χ0v) is 14.8. The Morgan fingerprint density at radius 1 is 1.04 bits per heavy atom. The van der Waals surface area contributed by atoms with Gasteiger partial charge in [0.2, 0.25) is 0 Å². The smallest absolute Gasteiger partial charge is 0.123 e. The number of hydrogen-bond acceptors (Lipinski definition) is 1. The molecule has 2 heterocycles. The quantitative estimate of drug-likeness (QED) is 0.521. The zero-order valence-electron chi connectivity index (χ0n) is 14.8. The van der Waals surface area contributed by atoms with Crippen molar-refractivity contribution in [2.45, 2.75) is 26.4 Å². The average molecular weight is 344 g/mol. The lowest BCUT2D eigenvalue weighted by atomic mass is 9.92. The molecule has 0 saturated carbocycles. The Labute approximate surface area is 152 Å². The van der Waals surface area contributed by atoms with Gasteiger partial charge in [-0.15, -0.1) is 0 Å². The third-order valence-corrected chi connectivity index (χ3v) is 5.66. The monoisotopic (exact) mass is 344 g/mol. The minimum atomic E-state index is -0.181. The summed E-state index contributed by atoms with van der Waals surface area (Å²) < 4.78 is 13.8. The summed E-state index contributed by atoms with van der Waals surface area (Å²) in [7, 11) is 0. The molecule has 1 aliphatic heterocycles. The molecule has 0 aliphatic carbocycles. The summed E-state index contributed by atoms with van der Waals surface area (Å²) in [6.07, 6.45) is 1.06. The summed E-state index contributed by atoms with van der Waals surface area (Å²) in [5.41, 5.74) is 7.65. The molecular formula is C23H21FN2. The van der Waals surface area contributed by atoms with Gasteiger partial charge in [-0.25, -0.2) is 4.39 Å². The Bertz CT molecular complexity index is 1110. The molecule has 1 N–H and O–H groups in total. The number of H-pyrrole nitrogens is 1. The van der Waals surface area contributed by atoms with E-state index in [2.05, 4.69) is 53.2 Å². The SMILES string of the molecule is Cc1c2c(cc3c1[nH]c1ccc(F)cc13)CN(Cc1ccccc1)CC2. The van der Waals surface area contributed by atoms with Crippen LogP contribution in [-0.4, -0.2) is 16.4 Å². The van der Waals surface area contributed by atoms with Crippen molar-refractivity contribution in [3.05, 3.63) is 82.7 Å². The van der Waals surface area contributed by atoms with Crippen molar-refractivity contribution in [1.29, 1.82) is 0 Å². The molecule has 0 radical (unpaired) electrons. The Morgan fingerprint density at radius 3 is 2.73 bits per heavy atom. The highest BCUT2D eigenvalue weighted by Gasteiger charge is 2.21. The van der Waals surface area contributed by atoms with Crippen LogP contribution in [0, 0.1) is 12.7 Å². The molecule has 130 valence electrons. The van der Waals surface area contributed by atoms with Gasteiger partial charge in [-0.1, -0.05) is 30.3 Å². The zero-order chi connectivity index (χ0) is 17.7. The predicted octanol–water partition coefficient (Wildman–Crippen LogP) is 5.33. The fraction of sp³-hybridized carbons (Fsp3) is 0.217. The number of rotatable bonds is 2. The van der Waals surface area contributed by atoms with Gasteiger partial charge in [0.15, 0.2) is 0 Å². The number of aromatic amines is 1. The lowest BCUT2D eigenvalue weighted by Crippen LogP contribution is -2.30. The van der Waals surface area contributed by atoms with Crippen LogP contribution >= 0.6 is 0 Å². The average Bonchev–Trinajstić information content (AvgIpc) is 3.01. The second-order valence-corrected chi connectivity index (χ2v) is 7.32. The van der Waals surface area contributed by atoms with E-state index in [1.165, 1.54) is 28.3 Å². The van der Waals surface area contributed by atoms with E-state index in [1.807, 2.05) is 6.07 Å². The van der Waals surface area contributed by atoms with Gasteiger partial charge in [0.25, 0.3) is 0 Å². The van der Waals surface area contributed by atoms with E-state index in [-0.39, 0.29) is 5.82 Å². The van der Waals surface area contributed by atoms with Crippen LogP contribution in [0.5, 0.6) is 0 Å². The molecule has 0 fully saturated rings. The maximum atomic E-state index is 13.8. The largest absolute Gasteiger partial charge is 0.354 e. The first-order chi connectivity index (χ1) is 12.7. The summed E-state index contributed by atoms with van der Waals surface area (Å²) >= 11 is 0. The predicted molar refractivity (Wildman–Crippen MR) is 105 cm³/mol. The molecule has 5 rings (SSSR count). The molecule has 3 aromatic carbocycles. The summed E-state index contributed by atoms with van der Waals surface area (Å²) in [6.45, 7) is 5.19. The van der Waals surface area contributed by atoms with E-state index in [0.717, 1.165) is 47.9 Å². The van der Waals surface area contributed by atoms with Crippen LogP contribution in [0.2, 0.25) is 0 Å². The third-order valence-electron chi connectivity index (χ3n) is 5.66. The summed E-state index contributed by atoms with van der Waals surface area (Å²) in [4.78, 5) is 5.99. The number of nitrogens with zero attached hydrogens (tertiary/aromatic N) is 1. The molecule has 1 aliphatic rings. The first-order valence-electron chi connectivity index (χ1n) is 9.17. The summed E-state index contributed by atoms with van der Waals surface area (Å²) in [6, 6.07) is 17.9. The van der Waals surface area contributed by atoms with E-state index in [9.17, 15) is 4.39 Å². The number of hydrogen-bond donors (Lipinski definition) is 1. The van der Waals surface area contributed by atoms with Gasteiger partial charge in [0.05, 0.1) is 0 Å². The molecule has 1 aromatic heterocycles. The van der Waals surface area contributed by atoms with Crippen LogP contribution in [0.4, 0.5) is 4.39 Å². The molecule has 0 unspecified atom stereocenters.